The molecule has 178 valence electrons. The predicted molar refractivity (Wildman–Crippen MR) is 130 cm³/mol. The van der Waals surface area contributed by atoms with E-state index in [1.54, 1.807) is 23.5 Å². The Balaban J connectivity index is 1.30. The van der Waals surface area contributed by atoms with E-state index in [2.05, 4.69) is 38.1 Å². The first-order valence-electron chi connectivity index (χ1n) is 11.6. The molecule has 0 amide bonds. The van der Waals surface area contributed by atoms with Gasteiger partial charge in [0.15, 0.2) is 0 Å². The lowest BCUT2D eigenvalue weighted by molar-refractivity contribution is 0.0730. The Morgan fingerprint density at radius 1 is 1.00 bits per heavy atom. The highest BCUT2D eigenvalue weighted by molar-refractivity contribution is 7.89. The minimum Gasteiger partial charge on any atom is -0.379 e. The minimum absolute atomic E-state index is 0.311. The van der Waals surface area contributed by atoms with E-state index in [1.807, 2.05) is 6.07 Å². The summed E-state index contributed by atoms with van der Waals surface area (Å²) in [5.41, 5.74) is 3.13. The molecular weight excluding hydrogens is 458 g/mol. The van der Waals surface area contributed by atoms with Crippen LogP contribution >= 0.6 is 11.3 Å². The van der Waals surface area contributed by atoms with E-state index in [0.29, 0.717) is 31.2 Å². The quantitative estimate of drug-likeness (QED) is 0.508. The monoisotopic (exact) mass is 489 g/mol. The van der Waals surface area contributed by atoms with Crippen molar-refractivity contribution >= 4 is 32.4 Å². The smallest absolute Gasteiger partial charge is 0.243 e. The zero-order chi connectivity index (χ0) is 22.8. The third-order valence-corrected chi connectivity index (χ3v) is 9.17. The summed E-state index contributed by atoms with van der Waals surface area (Å²) in [6.45, 7) is 10.5. The lowest BCUT2D eigenvalue weighted by atomic mass is 10.2. The third kappa shape index (κ3) is 4.87. The molecule has 5 rings (SSSR count). The van der Waals surface area contributed by atoms with Gasteiger partial charge in [0.1, 0.15) is 5.82 Å². The molecule has 2 aliphatic heterocycles. The molecule has 0 aliphatic carbocycles. The Kier molecular flexibility index (Phi) is 6.82. The Morgan fingerprint density at radius 2 is 1.73 bits per heavy atom. The molecule has 1 aromatic carbocycles. The van der Waals surface area contributed by atoms with Crippen LogP contribution in [0.4, 0.5) is 0 Å². The highest BCUT2D eigenvalue weighted by Crippen LogP contribution is 2.24. The maximum Gasteiger partial charge on any atom is 0.243 e. The van der Waals surface area contributed by atoms with Gasteiger partial charge in [0.2, 0.25) is 10.0 Å². The molecule has 10 heteroatoms. The molecule has 0 atom stereocenters. The standard InChI is InChI=1S/C23H31N5O3S2/c1-2-28-22-4-3-20(33(29,30)27-10-12-31-13-11-27)15-21(22)24-23(28)17-26-8-6-25(7-9-26)16-19-5-14-32-18-19/h3-5,14-15,18H,2,6-13,16-17H2,1H3. The maximum absolute atomic E-state index is 13.1. The van der Waals surface area contributed by atoms with E-state index < -0.39 is 10.0 Å². The maximum atomic E-state index is 13.1. The molecule has 0 saturated carbocycles. The summed E-state index contributed by atoms with van der Waals surface area (Å²) in [6.07, 6.45) is 0. The third-order valence-electron chi connectivity index (χ3n) is 6.54. The number of morpholine rings is 1. The molecule has 2 saturated heterocycles. The van der Waals surface area contributed by atoms with Crippen LogP contribution in [0.2, 0.25) is 0 Å². The molecule has 4 heterocycles. The van der Waals surface area contributed by atoms with Gasteiger partial charge in [0.05, 0.1) is 35.7 Å². The molecule has 33 heavy (non-hydrogen) atoms. The highest BCUT2D eigenvalue weighted by atomic mass is 32.2. The van der Waals surface area contributed by atoms with Crippen molar-refractivity contribution in [2.75, 3.05) is 52.5 Å². The number of rotatable bonds is 7. The number of sulfonamides is 1. The number of thiophene rings is 1. The van der Waals surface area contributed by atoms with Gasteiger partial charge in [-0.1, -0.05) is 0 Å². The van der Waals surface area contributed by atoms with Crippen molar-refractivity contribution in [2.45, 2.75) is 31.5 Å². The van der Waals surface area contributed by atoms with Gasteiger partial charge in [-0.15, -0.1) is 0 Å². The molecule has 0 radical (unpaired) electrons. The van der Waals surface area contributed by atoms with Crippen molar-refractivity contribution in [3.8, 4) is 0 Å². The second-order valence-electron chi connectivity index (χ2n) is 8.62. The Bertz CT molecular complexity index is 1180. The second kappa shape index (κ2) is 9.81. The molecule has 0 unspecified atom stereocenters. The van der Waals surface area contributed by atoms with E-state index in [1.165, 1.54) is 9.87 Å². The molecule has 0 spiro atoms. The second-order valence-corrected chi connectivity index (χ2v) is 11.3. The summed E-state index contributed by atoms with van der Waals surface area (Å²) in [7, 11) is -3.53. The Morgan fingerprint density at radius 3 is 2.39 bits per heavy atom. The average Bonchev–Trinajstić information content (AvgIpc) is 3.47. The normalized spacial score (nSPS) is 19.4. The zero-order valence-corrected chi connectivity index (χ0v) is 20.7. The summed E-state index contributed by atoms with van der Waals surface area (Å²) >= 11 is 1.75. The van der Waals surface area contributed by atoms with Crippen LogP contribution in [-0.4, -0.2) is 84.6 Å². The average molecular weight is 490 g/mol. The van der Waals surface area contributed by atoms with Gasteiger partial charge in [0.25, 0.3) is 0 Å². The van der Waals surface area contributed by atoms with E-state index in [9.17, 15) is 8.42 Å². The van der Waals surface area contributed by atoms with Crippen LogP contribution in [0.3, 0.4) is 0 Å². The van der Waals surface area contributed by atoms with Crippen LogP contribution in [0.1, 0.15) is 18.3 Å². The van der Waals surface area contributed by atoms with Gasteiger partial charge >= 0.3 is 0 Å². The number of hydrogen-bond acceptors (Lipinski definition) is 7. The van der Waals surface area contributed by atoms with Gasteiger partial charge in [-0.05, 0) is 47.5 Å². The summed E-state index contributed by atoms with van der Waals surface area (Å²) in [6, 6.07) is 7.55. The number of nitrogens with zero attached hydrogens (tertiary/aromatic N) is 5. The number of aromatic nitrogens is 2. The van der Waals surface area contributed by atoms with Gasteiger partial charge in [-0.3, -0.25) is 9.80 Å². The lowest BCUT2D eigenvalue weighted by Gasteiger charge is -2.34. The minimum atomic E-state index is -3.53. The molecule has 2 aromatic heterocycles. The largest absolute Gasteiger partial charge is 0.379 e. The van der Waals surface area contributed by atoms with Crippen LogP contribution in [0.25, 0.3) is 11.0 Å². The first-order valence-corrected chi connectivity index (χ1v) is 14.0. The highest BCUT2D eigenvalue weighted by Gasteiger charge is 2.27. The number of piperazine rings is 1. The van der Waals surface area contributed by atoms with Crippen molar-refractivity contribution in [1.82, 2.24) is 23.7 Å². The lowest BCUT2D eigenvalue weighted by Crippen LogP contribution is -2.45. The topological polar surface area (TPSA) is 70.9 Å². The zero-order valence-electron chi connectivity index (χ0n) is 19.0. The van der Waals surface area contributed by atoms with Gasteiger partial charge in [-0.2, -0.15) is 15.6 Å². The molecule has 2 aliphatic rings. The van der Waals surface area contributed by atoms with Crippen LogP contribution in [0, 0.1) is 0 Å². The fourth-order valence-electron chi connectivity index (χ4n) is 4.68. The fraction of sp³-hybridized carbons (Fsp3) is 0.522. The van der Waals surface area contributed by atoms with E-state index in [0.717, 1.165) is 62.7 Å². The molecular formula is C23H31N5O3S2. The summed E-state index contributed by atoms with van der Waals surface area (Å²) in [4.78, 5) is 10.1. The van der Waals surface area contributed by atoms with Crippen molar-refractivity contribution in [2.24, 2.45) is 0 Å². The van der Waals surface area contributed by atoms with Crippen LogP contribution in [-0.2, 0) is 34.4 Å². The number of fused-ring (bicyclic) bond motifs is 1. The molecule has 0 N–H and O–H groups in total. The molecule has 2 fully saturated rings. The van der Waals surface area contributed by atoms with Crippen LogP contribution < -0.4 is 0 Å². The van der Waals surface area contributed by atoms with Gasteiger partial charge in [0, 0.05) is 52.4 Å². The number of benzene rings is 1. The molecule has 8 nitrogen and oxygen atoms in total. The van der Waals surface area contributed by atoms with E-state index >= 15 is 0 Å². The van der Waals surface area contributed by atoms with Crippen molar-refractivity contribution in [3.63, 3.8) is 0 Å². The van der Waals surface area contributed by atoms with Gasteiger partial charge < -0.3 is 9.30 Å². The van der Waals surface area contributed by atoms with E-state index in [-0.39, 0.29) is 0 Å². The number of aryl methyl sites for hydroxylation is 1. The SMILES string of the molecule is CCn1c(CN2CCN(Cc3ccsc3)CC2)nc2cc(S(=O)(=O)N3CCOCC3)ccc21. The number of hydrogen-bond donors (Lipinski definition) is 0. The molecule has 3 aromatic rings. The summed E-state index contributed by atoms with van der Waals surface area (Å²) in [5, 5.41) is 4.36. The first-order chi connectivity index (χ1) is 16.0. The molecule has 0 bridgehead atoms. The van der Waals surface area contributed by atoms with Crippen LogP contribution in [0.5, 0.6) is 0 Å². The number of ether oxygens (including phenoxy) is 1. The Labute approximate surface area is 199 Å². The predicted octanol–water partition coefficient (Wildman–Crippen LogP) is 2.46. The Hall–Kier alpha value is -1.82. The van der Waals surface area contributed by atoms with Crippen LogP contribution in [0.15, 0.2) is 39.9 Å². The van der Waals surface area contributed by atoms with Gasteiger partial charge in [-0.25, -0.2) is 13.4 Å². The summed E-state index contributed by atoms with van der Waals surface area (Å²) in [5.74, 6) is 1.000. The summed E-state index contributed by atoms with van der Waals surface area (Å²) < 4.78 is 35.2. The van der Waals surface area contributed by atoms with Crippen molar-refractivity contribution in [3.05, 3.63) is 46.4 Å². The van der Waals surface area contributed by atoms with E-state index in [4.69, 9.17) is 9.72 Å². The first kappa shape index (κ1) is 22.9. The fourth-order valence-corrected chi connectivity index (χ4v) is 6.76. The van der Waals surface area contributed by atoms with Crippen molar-refractivity contribution < 1.29 is 13.2 Å². The van der Waals surface area contributed by atoms with Crippen molar-refractivity contribution in [1.29, 1.82) is 0 Å². The number of imidazole rings is 1.